The van der Waals surface area contributed by atoms with Crippen LogP contribution in [0.3, 0.4) is 0 Å². The van der Waals surface area contributed by atoms with Crippen LogP contribution in [0.25, 0.3) is 0 Å². The first-order chi connectivity index (χ1) is 5.10. The molecule has 0 aliphatic rings. The van der Waals surface area contributed by atoms with E-state index in [0.717, 1.165) is 18.5 Å². The molecule has 0 aliphatic heterocycles. The van der Waals surface area contributed by atoms with Crippen molar-refractivity contribution >= 4 is 13.5 Å². The molecular weight excluding hydrogens is 159 g/mol. The van der Waals surface area contributed by atoms with Crippen LogP contribution in [0.5, 0.6) is 0 Å². The third kappa shape index (κ3) is 3.20. The van der Waals surface area contributed by atoms with Crippen LogP contribution < -0.4 is 0 Å². The van der Waals surface area contributed by atoms with Crippen molar-refractivity contribution in [1.82, 2.24) is 0 Å². The molecular formula is C8H19O2P. The summed E-state index contributed by atoms with van der Waals surface area (Å²) in [6, 6.07) is 0. The second kappa shape index (κ2) is 4.71. The summed E-state index contributed by atoms with van der Waals surface area (Å²) in [5, 5.41) is 0. The normalized spacial score (nSPS) is 12.7. The van der Waals surface area contributed by atoms with Crippen molar-refractivity contribution in [3.05, 3.63) is 0 Å². The van der Waals surface area contributed by atoms with E-state index in [1.54, 1.807) is 0 Å². The van der Waals surface area contributed by atoms with Crippen molar-refractivity contribution in [2.45, 2.75) is 27.7 Å². The number of hydrogen-bond acceptors (Lipinski definition) is 2. The molecule has 0 spiro atoms. The van der Waals surface area contributed by atoms with E-state index in [1.807, 2.05) is 0 Å². The third-order valence-corrected chi connectivity index (χ3v) is 6.88. The Morgan fingerprint density at radius 3 is 1.64 bits per heavy atom. The molecule has 0 amide bonds. The quantitative estimate of drug-likeness (QED) is 0.617. The molecule has 0 aromatic carbocycles. The van der Waals surface area contributed by atoms with Gasteiger partial charge in [-0.05, 0) is 0 Å². The number of carbonyl (C=O) groups is 1. The van der Waals surface area contributed by atoms with E-state index in [-0.39, 0.29) is 5.97 Å². The second-order valence-corrected chi connectivity index (χ2v) is 7.53. The van der Waals surface area contributed by atoms with Crippen molar-refractivity contribution in [3.8, 4) is 0 Å². The summed E-state index contributed by atoms with van der Waals surface area (Å²) >= 11 is 0. The van der Waals surface area contributed by atoms with Crippen LogP contribution >= 0.6 is 7.49 Å². The molecule has 0 N–H and O–H groups in total. The van der Waals surface area contributed by atoms with Gasteiger partial charge in [0.05, 0.1) is 0 Å². The molecule has 0 heterocycles. The van der Waals surface area contributed by atoms with Crippen molar-refractivity contribution in [2.75, 3.05) is 18.5 Å². The maximum absolute atomic E-state index is 10.7. The average Bonchev–Trinajstić information content (AvgIpc) is 2.00. The molecule has 0 aromatic heterocycles. The van der Waals surface area contributed by atoms with Gasteiger partial charge in [-0.15, -0.1) is 0 Å². The molecule has 2 nitrogen and oxygen atoms in total. The Morgan fingerprint density at radius 2 is 1.55 bits per heavy atom. The predicted octanol–water partition coefficient (Wildman–Crippen LogP) is 2.27. The molecule has 0 radical (unpaired) electrons. The molecule has 0 bridgehead atoms. The fraction of sp³-hybridized carbons (Fsp3) is 0.875. The van der Waals surface area contributed by atoms with Gasteiger partial charge in [0, 0.05) is 0 Å². The Hall–Kier alpha value is -0.100. The Bertz CT molecular complexity index is 122. The Labute approximate surface area is 69.7 Å². The first-order valence-electron chi connectivity index (χ1n) is 4.29. The van der Waals surface area contributed by atoms with Gasteiger partial charge < -0.3 is 0 Å². The standard InChI is InChI=1S/C8H19O2P/c1-5-11(6-2,7-3)10-8(4)9/h11H,5-7H2,1-4H3. The topological polar surface area (TPSA) is 26.3 Å². The molecule has 11 heavy (non-hydrogen) atoms. The summed E-state index contributed by atoms with van der Waals surface area (Å²) in [6.07, 6.45) is 3.12. The SMILES string of the molecule is CC[PH](CC)(CC)OC(C)=O. The van der Waals surface area contributed by atoms with Gasteiger partial charge in [-0.25, -0.2) is 0 Å². The summed E-state index contributed by atoms with van der Waals surface area (Å²) in [4.78, 5) is 10.7. The van der Waals surface area contributed by atoms with Crippen LogP contribution in [0.2, 0.25) is 0 Å². The van der Waals surface area contributed by atoms with Crippen LogP contribution in [0.4, 0.5) is 0 Å². The molecule has 0 unspecified atom stereocenters. The van der Waals surface area contributed by atoms with Gasteiger partial charge in [0.2, 0.25) is 0 Å². The van der Waals surface area contributed by atoms with Crippen LogP contribution in [0.1, 0.15) is 27.7 Å². The van der Waals surface area contributed by atoms with E-state index in [2.05, 4.69) is 20.8 Å². The second-order valence-electron chi connectivity index (χ2n) is 2.84. The van der Waals surface area contributed by atoms with E-state index in [4.69, 9.17) is 4.52 Å². The molecule has 0 saturated carbocycles. The first kappa shape index (κ1) is 10.9. The van der Waals surface area contributed by atoms with Crippen molar-refractivity contribution in [1.29, 1.82) is 0 Å². The van der Waals surface area contributed by atoms with Crippen molar-refractivity contribution in [2.24, 2.45) is 0 Å². The number of hydrogen-bond donors (Lipinski definition) is 0. The van der Waals surface area contributed by atoms with E-state index < -0.39 is 7.49 Å². The molecule has 3 heteroatoms. The predicted molar refractivity (Wildman–Crippen MR) is 51.7 cm³/mol. The summed E-state index contributed by atoms with van der Waals surface area (Å²) in [5.74, 6) is -0.109. The number of rotatable bonds is 4. The van der Waals surface area contributed by atoms with Crippen molar-refractivity contribution < 1.29 is 9.32 Å². The Kier molecular flexibility index (Phi) is 4.67. The van der Waals surface area contributed by atoms with Gasteiger partial charge >= 0.3 is 69.0 Å². The summed E-state index contributed by atoms with van der Waals surface area (Å²) < 4.78 is 5.39. The van der Waals surface area contributed by atoms with E-state index >= 15 is 0 Å². The van der Waals surface area contributed by atoms with Gasteiger partial charge in [0.15, 0.2) is 0 Å². The van der Waals surface area contributed by atoms with E-state index in [0.29, 0.717) is 0 Å². The molecule has 0 saturated heterocycles. The molecule has 0 aliphatic carbocycles. The van der Waals surface area contributed by atoms with Crippen LogP contribution in [-0.4, -0.2) is 24.5 Å². The summed E-state index contributed by atoms with van der Waals surface area (Å²) in [6.45, 7) is 7.84. The maximum atomic E-state index is 10.7. The van der Waals surface area contributed by atoms with Gasteiger partial charge in [-0.1, -0.05) is 0 Å². The zero-order chi connectivity index (χ0) is 8.91. The fourth-order valence-electron chi connectivity index (χ4n) is 1.27. The number of carbonyl (C=O) groups excluding carboxylic acids is 1. The van der Waals surface area contributed by atoms with Gasteiger partial charge in [-0.3, -0.25) is 0 Å². The minimum absolute atomic E-state index is 0.109. The van der Waals surface area contributed by atoms with Crippen LogP contribution in [0, 0.1) is 0 Å². The van der Waals surface area contributed by atoms with E-state index in [9.17, 15) is 4.79 Å². The first-order valence-corrected chi connectivity index (χ1v) is 6.82. The van der Waals surface area contributed by atoms with E-state index in [1.165, 1.54) is 6.92 Å². The molecule has 0 aromatic rings. The van der Waals surface area contributed by atoms with Crippen LogP contribution in [0.15, 0.2) is 0 Å². The molecule has 68 valence electrons. The molecule has 0 fully saturated rings. The Balaban J connectivity index is 4.16. The Morgan fingerprint density at radius 1 is 1.18 bits per heavy atom. The van der Waals surface area contributed by atoms with Gasteiger partial charge in [0.25, 0.3) is 0 Å². The summed E-state index contributed by atoms with van der Waals surface area (Å²) in [7, 11) is -1.63. The fourth-order valence-corrected chi connectivity index (χ4v) is 3.81. The third-order valence-electron chi connectivity index (χ3n) is 2.29. The zero-order valence-corrected chi connectivity index (χ0v) is 8.94. The van der Waals surface area contributed by atoms with Gasteiger partial charge in [-0.2, -0.15) is 0 Å². The zero-order valence-electron chi connectivity index (χ0n) is 7.94. The minimum atomic E-state index is -1.63. The van der Waals surface area contributed by atoms with Gasteiger partial charge in [0.1, 0.15) is 0 Å². The van der Waals surface area contributed by atoms with Crippen LogP contribution in [-0.2, 0) is 9.32 Å². The summed E-state index contributed by atoms with van der Waals surface area (Å²) in [5.41, 5.74) is 0. The average molecular weight is 178 g/mol. The monoisotopic (exact) mass is 178 g/mol. The van der Waals surface area contributed by atoms with Crippen molar-refractivity contribution in [3.63, 3.8) is 0 Å². The molecule has 0 rings (SSSR count). The molecule has 0 atom stereocenters.